The van der Waals surface area contributed by atoms with Gasteiger partial charge < -0.3 is 21.1 Å². The summed E-state index contributed by atoms with van der Waals surface area (Å²) in [5.74, 6) is 0.530. The maximum atomic E-state index is 12.9. The maximum Gasteiger partial charge on any atom is 0.317 e. The minimum atomic E-state index is -0.697. The number of hydrogen-bond donors (Lipinski definition) is 4. The van der Waals surface area contributed by atoms with Gasteiger partial charge in [-0.05, 0) is 62.2 Å². The molecule has 1 atom stereocenters. The lowest BCUT2D eigenvalue weighted by atomic mass is 9.92. The van der Waals surface area contributed by atoms with E-state index in [9.17, 15) is 9.59 Å². The van der Waals surface area contributed by atoms with Gasteiger partial charge in [-0.15, -0.1) is 11.3 Å². The van der Waals surface area contributed by atoms with Crippen LogP contribution in [0.2, 0.25) is 0 Å². The lowest BCUT2D eigenvalue weighted by Crippen LogP contribution is -2.55. The summed E-state index contributed by atoms with van der Waals surface area (Å²) >= 11 is 1.31. The third-order valence-corrected chi connectivity index (χ3v) is 5.70. The van der Waals surface area contributed by atoms with Crippen molar-refractivity contribution in [2.45, 2.75) is 25.3 Å². The van der Waals surface area contributed by atoms with Gasteiger partial charge in [0.2, 0.25) is 0 Å². The van der Waals surface area contributed by atoms with Crippen LogP contribution in [0.5, 0.6) is 5.75 Å². The van der Waals surface area contributed by atoms with Crippen LogP contribution in [0.1, 0.15) is 30.1 Å². The van der Waals surface area contributed by atoms with Crippen molar-refractivity contribution < 1.29 is 14.3 Å². The van der Waals surface area contributed by atoms with Gasteiger partial charge in [0, 0.05) is 11.4 Å². The summed E-state index contributed by atoms with van der Waals surface area (Å²) in [6, 6.07) is 8.61. The average molecular weight is 388 g/mol. The zero-order valence-electron chi connectivity index (χ0n) is 15.4. The molecule has 2 heterocycles. The Bertz CT molecular complexity index is 826. The van der Waals surface area contributed by atoms with Gasteiger partial charge in [0.1, 0.15) is 10.8 Å². The largest absolute Gasteiger partial charge is 0.497 e. The molecule has 0 radical (unpaired) electrons. The molecular weight excluding hydrogens is 364 g/mol. The number of urea groups is 1. The van der Waals surface area contributed by atoms with E-state index in [0.29, 0.717) is 17.1 Å². The number of amides is 3. The number of carbonyl (C=O) groups is 2. The van der Waals surface area contributed by atoms with Crippen LogP contribution in [0.4, 0.5) is 9.80 Å². The highest BCUT2D eigenvalue weighted by Crippen LogP contribution is 2.36. The van der Waals surface area contributed by atoms with Crippen molar-refractivity contribution in [2.24, 2.45) is 5.73 Å². The normalized spacial score (nSPS) is 19.3. The van der Waals surface area contributed by atoms with Crippen LogP contribution in [0.25, 0.3) is 10.4 Å². The van der Waals surface area contributed by atoms with Crippen molar-refractivity contribution in [1.29, 1.82) is 0 Å². The van der Waals surface area contributed by atoms with Gasteiger partial charge in [-0.25, -0.2) is 4.79 Å². The molecule has 5 N–H and O–H groups in total. The van der Waals surface area contributed by atoms with Crippen LogP contribution >= 0.6 is 11.3 Å². The summed E-state index contributed by atoms with van der Waals surface area (Å²) in [7, 11) is 1.61. The van der Waals surface area contributed by atoms with E-state index in [0.717, 1.165) is 35.6 Å². The summed E-state index contributed by atoms with van der Waals surface area (Å²) in [6.07, 6.45) is 1.91. The molecule has 1 aromatic carbocycles. The standard InChI is InChI=1S/C19H24N4O3S/c1-19(8-3-9-21-11-19)23-16(24)14-10-15(27-17(14)22-18(20)25)12-4-6-13(26-2)7-5-12/h4-7,10,21H,3,8-9,11H2,1-2H3,(H,23,24)(H3,20,22,25)/t19-/m0/s1. The van der Waals surface area contributed by atoms with E-state index in [1.54, 1.807) is 13.2 Å². The molecule has 7 nitrogen and oxygen atoms in total. The smallest absolute Gasteiger partial charge is 0.317 e. The van der Waals surface area contributed by atoms with Crippen molar-refractivity contribution in [3.8, 4) is 16.2 Å². The Morgan fingerprint density at radius 3 is 2.63 bits per heavy atom. The second kappa shape index (κ2) is 7.98. The van der Waals surface area contributed by atoms with Gasteiger partial charge >= 0.3 is 6.03 Å². The molecule has 8 heteroatoms. The van der Waals surface area contributed by atoms with Crippen molar-refractivity contribution in [2.75, 3.05) is 25.5 Å². The first-order valence-electron chi connectivity index (χ1n) is 8.78. The Kier molecular flexibility index (Phi) is 5.67. The molecular formula is C19H24N4O3S. The van der Waals surface area contributed by atoms with E-state index in [4.69, 9.17) is 10.5 Å². The molecule has 0 saturated carbocycles. The van der Waals surface area contributed by atoms with E-state index in [1.165, 1.54) is 11.3 Å². The lowest BCUT2D eigenvalue weighted by molar-refractivity contribution is 0.0892. The molecule has 27 heavy (non-hydrogen) atoms. The summed E-state index contributed by atoms with van der Waals surface area (Å²) in [5, 5.41) is 9.42. The van der Waals surface area contributed by atoms with Gasteiger partial charge in [-0.2, -0.15) is 0 Å². The zero-order chi connectivity index (χ0) is 19.4. The number of nitrogens with one attached hydrogen (secondary N) is 3. The molecule has 1 saturated heterocycles. The molecule has 0 unspecified atom stereocenters. The monoisotopic (exact) mass is 388 g/mol. The molecule has 2 aromatic rings. The van der Waals surface area contributed by atoms with Crippen molar-refractivity contribution in [1.82, 2.24) is 10.6 Å². The molecule has 1 fully saturated rings. The van der Waals surface area contributed by atoms with E-state index in [1.807, 2.05) is 31.2 Å². The summed E-state index contributed by atoms with van der Waals surface area (Å²) in [4.78, 5) is 25.2. The van der Waals surface area contributed by atoms with Gasteiger partial charge in [0.15, 0.2) is 0 Å². The highest BCUT2D eigenvalue weighted by molar-refractivity contribution is 7.20. The number of methoxy groups -OCH3 is 1. The predicted molar refractivity (Wildman–Crippen MR) is 107 cm³/mol. The SMILES string of the molecule is COc1ccc(-c2cc(C(=O)N[C@@]3(C)CCCNC3)c(NC(N)=O)s2)cc1. The predicted octanol–water partition coefficient (Wildman–Crippen LogP) is 2.79. The van der Waals surface area contributed by atoms with Crippen LogP contribution in [0.15, 0.2) is 30.3 Å². The fourth-order valence-electron chi connectivity index (χ4n) is 3.17. The summed E-state index contributed by atoms with van der Waals surface area (Å²) in [5.41, 5.74) is 6.31. The van der Waals surface area contributed by atoms with Crippen molar-refractivity contribution in [3.63, 3.8) is 0 Å². The first-order chi connectivity index (χ1) is 12.9. The molecule has 1 aliphatic heterocycles. The number of anilines is 1. The van der Waals surface area contributed by atoms with Gasteiger partial charge in [-0.3, -0.25) is 10.1 Å². The maximum absolute atomic E-state index is 12.9. The first kappa shape index (κ1) is 19.2. The Hall–Kier alpha value is -2.58. The minimum absolute atomic E-state index is 0.221. The van der Waals surface area contributed by atoms with E-state index < -0.39 is 6.03 Å². The Morgan fingerprint density at radius 2 is 2.04 bits per heavy atom. The van der Waals surface area contributed by atoms with Crippen LogP contribution in [0, 0.1) is 0 Å². The summed E-state index contributed by atoms with van der Waals surface area (Å²) in [6.45, 7) is 3.70. The van der Waals surface area contributed by atoms with Gasteiger partial charge in [-0.1, -0.05) is 0 Å². The third kappa shape index (κ3) is 4.58. The van der Waals surface area contributed by atoms with Crippen molar-refractivity contribution in [3.05, 3.63) is 35.9 Å². The number of hydrogen-bond acceptors (Lipinski definition) is 5. The van der Waals surface area contributed by atoms with Crippen LogP contribution in [-0.2, 0) is 0 Å². The molecule has 1 aliphatic rings. The number of thiophene rings is 1. The fraction of sp³-hybridized carbons (Fsp3) is 0.368. The number of ether oxygens (including phenoxy) is 1. The molecule has 0 aliphatic carbocycles. The Balaban J connectivity index is 1.88. The number of benzene rings is 1. The van der Waals surface area contributed by atoms with Gasteiger partial charge in [0.05, 0.1) is 18.2 Å². The van der Waals surface area contributed by atoms with E-state index in [-0.39, 0.29) is 11.4 Å². The zero-order valence-corrected chi connectivity index (χ0v) is 16.2. The molecule has 144 valence electrons. The van der Waals surface area contributed by atoms with Gasteiger partial charge in [0.25, 0.3) is 5.91 Å². The average Bonchev–Trinajstić information content (AvgIpc) is 3.05. The highest BCUT2D eigenvalue weighted by atomic mass is 32.1. The van der Waals surface area contributed by atoms with Crippen LogP contribution < -0.4 is 26.4 Å². The Morgan fingerprint density at radius 1 is 1.30 bits per heavy atom. The number of primary amides is 1. The summed E-state index contributed by atoms with van der Waals surface area (Å²) < 4.78 is 5.18. The second-order valence-corrected chi connectivity index (χ2v) is 7.92. The molecule has 3 rings (SSSR count). The molecule has 1 aromatic heterocycles. The van der Waals surface area contributed by atoms with E-state index >= 15 is 0 Å². The number of carbonyl (C=O) groups excluding carboxylic acids is 2. The topological polar surface area (TPSA) is 105 Å². The highest BCUT2D eigenvalue weighted by Gasteiger charge is 2.30. The number of piperidine rings is 1. The fourth-order valence-corrected chi connectivity index (χ4v) is 4.23. The molecule has 3 amide bonds. The van der Waals surface area contributed by atoms with Crippen LogP contribution in [0.3, 0.4) is 0 Å². The third-order valence-electron chi connectivity index (χ3n) is 4.60. The lowest BCUT2D eigenvalue weighted by Gasteiger charge is -2.35. The minimum Gasteiger partial charge on any atom is -0.497 e. The quantitative estimate of drug-likeness (QED) is 0.632. The molecule has 0 bridgehead atoms. The van der Waals surface area contributed by atoms with Crippen LogP contribution in [-0.4, -0.2) is 37.7 Å². The first-order valence-corrected chi connectivity index (χ1v) is 9.60. The second-order valence-electron chi connectivity index (χ2n) is 6.87. The van der Waals surface area contributed by atoms with Crippen molar-refractivity contribution >= 4 is 28.3 Å². The molecule has 0 spiro atoms. The number of nitrogens with two attached hydrogens (primary N) is 1. The number of rotatable bonds is 5. The Labute approximate surface area is 162 Å². The van der Waals surface area contributed by atoms with E-state index in [2.05, 4.69) is 16.0 Å².